The molecular formula is C48H54O5Si2. The van der Waals surface area contributed by atoms with E-state index in [1.54, 1.807) is 0 Å². The summed E-state index contributed by atoms with van der Waals surface area (Å²) in [6.07, 6.45) is 0. The average molecular weight is 767 g/mol. The Morgan fingerprint density at radius 2 is 0.800 bits per heavy atom. The highest BCUT2D eigenvalue weighted by Gasteiger charge is 2.31. The van der Waals surface area contributed by atoms with Crippen LogP contribution in [0.1, 0.15) is 63.8 Å². The Morgan fingerprint density at radius 1 is 0.418 bits per heavy atom. The number of para-hydroxylation sites is 2. The first-order valence-electron chi connectivity index (χ1n) is 19.4. The van der Waals surface area contributed by atoms with Crippen LogP contribution in [0.3, 0.4) is 0 Å². The predicted octanol–water partition coefficient (Wildman–Crippen LogP) is 9.24. The molecule has 7 heteroatoms. The Morgan fingerprint density at radius 3 is 1.16 bits per heavy atom. The summed E-state index contributed by atoms with van der Waals surface area (Å²) in [7, 11) is -1.64. The molecule has 0 radical (unpaired) electrons. The zero-order valence-corrected chi connectivity index (χ0v) is 36.0. The first-order valence-corrected chi connectivity index (χ1v) is 22.2. The summed E-state index contributed by atoms with van der Waals surface area (Å²) in [6.45, 7) is 15.6. The van der Waals surface area contributed by atoms with Gasteiger partial charge in [0, 0.05) is 11.1 Å². The topological polar surface area (TPSA) is 46.2 Å². The van der Waals surface area contributed by atoms with Crippen LogP contribution in [0.4, 0.5) is 0 Å². The molecule has 55 heavy (non-hydrogen) atoms. The number of hydrogen-bond donors (Lipinski definition) is 0. The van der Waals surface area contributed by atoms with Crippen LogP contribution in [-0.4, -0.2) is 32.3 Å². The third-order valence-electron chi connectivity index (χ3n) is 9.80. The maximum atomic E-state index is 6.76. The number of ether oxygens (including phenoxy) is 5. The van der Waals surface area contributed by atoms with Gasteiger partial charge in [-0.2, -0.15) is 0 Å². The standard InChI is InChI=1S/C48H54O5Si2/c1-7-50-37-25-29-41(30-26-37)54-47(3,4)45-35(17-15-23-43(45)52-39-19-11-9-12-20-39)33-49-34-36-18-16-24-44(53-40-21-13-10-14-22-40)46(36)48(5,6)55-42-31-27-38(28-32-42)51-8-2/h9-32H,7-8,33-34,54-55H2,1-6H3. The molecule has 0 aromatic heterocycles. The lowest BCUT2D eigenvalue weighted by atomic mass is 9.94. The van der Waals surface area contributed by atoms with Crippen molar-refractivity contribution in [3.8, 4) is 34.5 Å². The molecule has 0 heterocycles. The van der Waals surface area contributed by atoms with Gasteiger partial charge in [-0.25, -0.2) is 0 Å². The van der Waals surface area contributed by atoms with Crippen LogP contribution in [0, 0.1) is 0 Å². The van der Waals surface area contributed by atoms with Crippen molar-refractivity contribution < 1.29 is 23.7 Å². The Kier molecular flexibility index (Phi) is 13.3. The Balaban J connectivity index is 1.31. The van der Waals surface area contributed by atoms with Crippen molar-refractivity contribution >= 4 is 29.4 Å². The minimum Gasteiger partial charge on any atom is -0.494 e. The van der Waals surface area contributed by atoms with Gasteiger partial charge in [0.1, 0.15) is 34.5 Å². The fourth-order valence-electron chi connectivity index (χ4n) is 7.54. The van der Waals surface area contributed by atoms with Crippen molar-refractivity contribution in [2.45, 2.75) is 64.8 Å². The molecule has 0 spiro atoms. The zero-order chi connectivity index (χ0) is 38.7. The summed E-state index contributed by atoms with van der Waals surface area (Å²) >= 11 is 0. The molecule has 0 fully saturated rings. The van der Waals surface area contributed by atoms with Crippen molar-refractivity contribution in [2.24, 2.45) is 0 Å². The highest BCUT2D eigenvalue weighted by molar-refractivity contribution is 6.57. The molecule has 0 saturated carbocycles. The van der Waals surface area contributed by atoms with Crippen LogP contribution in [0.15, 0.2) is 146 Å². The van der Waals surface area contributed by atoms with Crippen LogP contribution in [-0.2, 0) is 28.0 Å². The van der Waals surface area contributed by atoms with Crippen molar-refractivity contribution in [2.75, 3.05) is 13.2 Å². The largest absolute Gasteiger partial charge is 0.494 e. The van der Waals surface area contributed by atoms with E-state index in [1.807, 2.05) is 74.5 Å². The molecule has 0 aliphatic rings. The van der Waals surface area contributed by atoms with Crippen molar-refractivity contribution in [1.29, 1.82) is 0 Å². The summed E-state index contributed by atoms with van der Waals surface area (Å²) < 4.78 is 31.5. The van der Waals surface area contributed by atoms with Gasteiger partial charge in [-0.1, -0.05) is 123 Å². The van der Waals surface area contributed by atoms with Crippen molar-refractivity contribution in [3.63, 3.8) is 0 Å². The minimum atomic E-state index is -0.822. The van der Waals surface area contributed by atoms with Crippen LogP contribution in [0.5, 0.6) is 34.5 Å². The lowest BCUT2D eigenvalue weighted by molar-refractivity contribution is 0.105. The second-order valence-electron chi connectivity index (χ2n) is 15.2. The van der Waals surface area contributed by atoms with Gasteiger partial charge in [0.05, 0.1) is 45.5 Å². The van der Waals surface area contributed by atoms with E-state index in [0.717, 1.165) is 45.6 Å². The van der Waals surface area contributed by atoms with E-state index in [-0.39, 0.29) is 10.1 Å². The molecule has 6 rings (SSSR count). The quantitative estimate of drug-likeness (QED) is 0.0817. The van der Waals surface area contributed by atoms with E-state index < -0.39 is 19.0 Å². The molecule has 0 unspecified atom stereocenters. The Labute approximate surface area is 332 Å². The Bertz CT molecular complexity index is 1950. The van der Waals surface area contributed by atoms with Crippen LogP contribution in [0.25, 0.3) is 0 Å². The SMILES string of the molecule is CCOc1ccc([SiH2]C(C)(C)c2c(COCc3cccc(Oc4ccccc4)c3C(C)(C)[SiH2]c3ccc(OCC)cc3)cccc2Oc2ccccc2)cc1. The van der Waals surface area contributed by atoms with E-state index in [1.165, 1.54) is 21.5 Å². The fourth-order valence-corrected chi connectivity index (χ4v) is 11.7. The molecule has 0 aliphatic heterocycles. The van der Waals surface area contributed by atoms with Crippen LogP contribution in [0.2, 0.25) is 0 Å². The predicted molar refractivity (Wildman–Crippen MR) is 232 cm³/mol. The van der Waals surface area contributed by atoms with Crippen molar-refractivity contribution in [3.05, 3.63) is 168 Å². The van der Waals surface area contributed by atoms with E-state index in [2.05, 4.69) is 113 Å². The lowest BCUT2D eigenvalue weighted by Crippen LogP contribution is -2.36. The molecule has 5 nitrogen and oxygen atoms in total. The van der Waals surface area contributed by atoms with Gasteiger partial charge in [0.15, 0.2) is 0 Å². The molecule has 6 aromatic carbocycles. The summed E-state index contributed by atoms with van der Waals surface area (Å²) in [5.74, 6) is 5.19. The molecule has 0 bridgehead atoms. The van der Waals surface area contributed by atoms with Gasteiger partial charge >= 0.3 is 0 Å². The van der Waals surface area contributed by atoms with Gasteiger partial charge < -0.3 is 23.7 Å². The smallest absolute Gasteiger partial charge is 0.131 e. The molecule has 0 aliphatic carbocycles. The van der Waals surface area contributed by atoms with Gasteiger partial charge in [-0.3, -0.25) is 0 Å². The maximum Gasteiger partial charge on any atom is 0.131 e. The highest BCUT2D eigenvalue weighted by atomic mass is 28.2. The molecule has 0 atom stereocenters. The first-order chi connectivity index (χ1) is 26.6. The fraction of sp³-hybridized carbons (Fsp3) is 0.250. The van der Waals surface area contributed by atoms with Gasteiger partial charge in [-0.05, 0) is 95.7 Å². The van der Waals surface area contributed by atoms with Gasteiger partial charge in [-0.15, -0.1) is 0 Å². The zero-order valence-electron chi connectivity index (χ0n) is 33.1. The van der Waals surface area contributed by atoms with Gasteiger partial charge in [0.2, 0.25) is 0 Å². The van der Waals surface area contributed by atoms with Crippen LogP contribution < -0.4 is 29.3 Å². The summed E-state index contributed by atoms with van der Waals surface area (Å²) in [4.78, 5) is 0. The molecular weight excluding hydrogens is 713 g/mol. The number of rotatable bonds is 18. The van der Waals surface area contributed by atoms with E-state index >= 15 is 0 Å². The third-order valence-corrected chi connectivity index (χ3v) is 14.0. The monoisotopic (exact) mass is 766 g/mol. The molecule has 6 aromatic rings. The summed E-state index contributed by atoms with van der Waals surface area (Å²) in [6, 6.07) is 50.1. The van der Waals surface area contributed by atoms with Crippen LogP contribution >= 0.6 is 0 Å². The number of benzene rings is 6. The van der Waals surface area contributed by atoms with Crippen molar-refractivity contribution in [1.82, 2.24) is 0 Å². The molecule has 0 saturated heterocycles. The second kappa shape index (κ2) is 18.5. The lowest BCUT2D eigenvalue weighted by Gasteiger charge is -2.31. The minimum absolute atomic E-state index is 0.142. The first kappa shape index (κ1) is 39.6. The molecule has 284 valence electrons. The normalized spacial score (nSPS) is 12.0. The number of hydrogen-bond acceptors (Lipinski definition) is 5. The van der Waals surface area contributed by atoms with Gasteiger partial charge in [0.25, 0.3) is 0 Å². The molecule has 0 N–H and O–H groups in total. The summed E-state index contributed by atoms with van der Waals surface area (Å²) in [5.41, 5.74) is 4.67. The Hall–Kier alpha value is -5.09. The van der Waals surface area contributed by atoms with E-state index in [9.17, 15) is 0 Å². The average Bonchev–Trinajstić information content (AvgIpc) is 3.17. The van der Waals surface area contributed by atoms with E-state index in [0.29, 0.717) is 26.4 Å². The highest BCUT2D eigenvalue weighted by Crippen LogP contribution is 2.39. The maximum absolute atomic E-state index is 6.76. The second-order valence-corrected chi connectivity index (χ2v) is 21.1. The van der Waals surface area contributed by atoms with E-state index in [4.69, 9.17) is 23.7 Å². The third kappa shape index (κ3) is 10.6. The molecule has 0 amide bonds. The summed E-state index contributed by atoms with van der Waals surface area (Å²) in [5, 5.41) is 2.45.